The second-order valence-corrected chi connectivity index (χ2v) is 8.11. The zero-order valence-corrected chi connectivity index (χ0v) is 17.6. The van der Waals surface area contributed by atoms with Gasteiger partial charge in [0.05, 0.1) is 20.4 Å². The van der Waals surface area contributed by atoms with Gasteiger partial charge in [-0.1, -0.05) is 0 Å². The van der Waals surface area contributed by atoms with E-state index in [-0.39, 0.29) is 23.1 Å². The number of amides is 1. The van der Waals surface area contributed by atoms with Gasteiger partial charge in [-0.2, -0.15) is 5.10 Å². The van der Waals surface area contributed by atoms with Gasteiger partial charge in [0.2, 0.25) is 5.91 Å². The molecule has 0 atom stereocenters. The molecule has 1 aromatic heterocycles. The monoisotopic (exact) mass is 430 g/mol. The van der Waals surface area contributed by atoms with Gasteiger partial charge in [0.1, 0.15) is 22.9 Å². The molecule has 0 spiro atoms. The Kier molecular flexibility index (Phi) is 6.26. The van der Waals surface area contributed by atoms with Crippen molar-refractivity contribution in [3.05, 3.63) is 60.4 Å². The molecule has 9 nitrogen and oxygen atoms in total. The Morgan fingerprint density at radius 1 is 1.07 bits per heavy atom. The van der Waals surface area contributed by atoms with Crippen molar-refractivity contribution >= 4 is 27.3 Å². The van der Waals surface area contributed by atoms with Crippen LogP contribution in [0.4, 0.5) is 11.4 Å². The van der Waals surface area contributed by atoms with Gasteiger partial charge in [0.15, 0.2) is 0 Å². The number of hydrogen-bond acceptors (Lipinski definition) is 6. The molecule has 1 amide bonds. The normalized spacial score (nSPS) is 11.0. The number of rotatable bonds is 8. The Balaban J connectivity index is 1.81. The fourth-order valence-corrected chi connectivity index (χ4v) is 3.99. The molecule has 0 radical (unpaired) electrons. The molecular weight excluding hydrogens is 408 g/mol. The standard InChI is InChI=1S/C20H22N4O5S/c1-14-11-21-24(12-14)13-20(25)22-16-6-9-18(29-3)19(10-16)30(26,27)23-15-4-7-17(28-2)8-5-15/h4-12,23H,13H2,1-3H3,(H,22,25). The molecule has 2 N–H and O–H groups in total. The van der Waals surface area contributed by atoms with Crippen molar-refractivity contribution < 1.29 is 22.7 Å². The highest BCUT2D eigenvalue weighted by atomic mass is 32.2. The maximum Gasteiger partial charge on any atom is 0.265 e. The molecule has 10 heteroatoms. The predicted octanol–water partition coefficient (Wildman–Crippen LogP) is 2.65. The van der Waals surface area contributed by atoms with Gasteiger partial charge in [0, 0.05) is 17.6 Å². The predicted molar refractivity (Wildman–Crippen MR) is 112 cm³/mol. The van der Waals surface area contributed by atoms with Gasteiger partial charge in [0.25, 0.3) is 10.0 Å². The molecule has 0 aliphatic rings. The highest BCUT2D eigenvalue weighted by Gasteiger charge is 2.21. The van der Waals surface area contributed by atoms with Crippen molar-refractivity contribution in [2.24, 2.45) is 0 Å². The van der Waals surface area contributed by atoms with E-state index in [1.54, 1.807) is 42.7 Å². The molecule has 0 bridgehead atoms. The minimum Gasteiger partial charge on any atom is -0.497 e. The topological polar surface area (TPSA) is 112 Å². The summed E-state index contributed by atoms with van der Waals surface area (Å²) < 4.78 is 40.1. The number of carbonyl (C=O) groups is 1. The molecule has 0 saturated heterocycles. The van der Waals surface area contributed by atoms with Crippen LogP contribution in [0.5, 0.6) is 11.5 Å². The Bertz CT molecular complexity index is 1140. The SMILES string of the molecule is COc1ccc(NS(=O)(=O)c2cc(NC(=O)Cn3cc(C)cn3)ccc2OC)cc1. The molecule has 0 fully saturated rings. The molecular formula is C20H22N4O5S. The lowest BCUT2D eigenvalue weighted by molar-refractivity contribution is -0.116. The van der Waals surface area contributed by atoms with Crippen LogP contribution in [0.1, 0.15) is 5.56 Å². The maximum atomic E-state index is 12.9. The van der Waals surface area contributed by atoms with Crippen LogP contribution in [0.2, 0.25) is 0 Å². The van der Waals surface area contributed by atoms with Crippen LogP contribution in [0.25, 0.3) is 0 Å². The second-order valence-electron chi connectivity index (χ2n) is 6.46. The number of hydrogen-bond donors (Lipinski definition) is 2. The van der Waals surface area contributed by atoms with E-state index >= 15 is 0 Å². The van der Waals surface area contributed by atoms with E-state index in [0.29, 0.717) is 17.1 Å². The third-order valence-corrected chi connectivity index (χ3v) is 5.55. The summed E-state index contributed by atoms with van der Waals surface area (Å²) in [6.07, 6.45) is 3.39. The van der Waals surface area contributed by atoms with Crippen LogP contribution >= 0.6 is 0 Å². The number of aromatic nitrogens is 2. The number of benzene rings is 2. The fraction of sp³-hybridized carbons (Fsp3) is 0.200. The van der Waals surface area contributed by atoms with E-state index in [1.807, 2.05) is 6.92 Å². The lowest BCUT2D eigenvalue weighted by atomic mass is 10.3. The third kappa shape index (κ3) is 5.09. The Morgan fingerprint density at radius 3 is 2.37 bits per heavy atom. The molecule has 2 aromatic carbocycles. The average molecular weight is 430 g/mol. The van der Waals surface area contributed by atoms with Crippen molar-refractivity contribution in [3.8, 4) is 11.5 Å². The van der Waals surface area contributed by atoms with Crippen LogP contribution in [0.15, 0.2) is 59.8 Å². The van der Waals surface area contributed by atoms with E-state index in [0.717, 1.165) is 5.56 Å². The van der Waals surface area contributed by atoms with Gasteiger partial charge >= 0.3 is 0 Å². The molecule has 3 aromatic rings. The van der Waals surface area contributed by atoms with Crippen molar-refractivity contribution in [1.29, 1.82) is 0 Å². The van der Waals surface area contributed by atoms with Crippen LogP contribution in [0.3, 0.4) is 0 Å². The van der Waals surface area contributed by atoms with Crippen LogP contribution < -0.4 is 19.5 Å². The molecule has 0 aliphatic heterocycles. The van der Waals surface area contributed by atoms with Crippen LogP contribution in [-0.2, 0) is 21.4 Å². The number of methoxy groups -OCH3 is 2. The van der Waals surface area contributed by atoms with E-state index in [4.69, 9.17) is 9.47 Å². The first-order chi connectivity index (χ1) is 14.3. The smallest absolute Gasteiger partial charge is 0.265 e. The minimum atomic E-state index is -3.97. The number of sulfonamides is 1. The number of aryl methyl sites for hydroxylation is 1. The van der Waals surface area contributed by atoms with Crippen molar-refractivity contribution in [2.45, 2.75) is 18.4 Å². The first-order valence-corrected chi connectivity index (χ1v) is 10.4. The summed E-state index contributed by atoms with van der Waals surface area (Å²) in [7, 11) is -1.07. The third-order valence-electron chi connectivity index (χ3n) is 4.15. The number of carbonyl (C=O) groups excluding carboxylic acids is 1. The van der Waals surface area contributed by atoms with E-state index in [2.05, 4.69) is 15.1 Å². The van der Waals surface area contributed by atoms with Gasteiger partial charge in [-0.25, -0.2) is 8.42 Å². The van der Waals surface area contributed by atoms with E-state index < -0.39 is 10.0 Å². The average Bonchev–Trinajstić information content (AvgIpc) is 3.12. The molecule has 1 heterocycles. The van der Waals surface area contributed by atoms with Crippen LogP contribution in [-0.4, -0.2) is 38.3 Å². The van der Waals surface area contributed by atoms with Crippen LogP contribution in [0, 0.1) is 6.92 Å². The second kappa shape index (κ2) is 8.87. The number of nitrogens with zero attached hydrogens (tertiary/aromatic N) is 2. The maximum absolute atomic E-state index is 12.9. The van der Waals surface area contributed by atoms with Gasteiger partial charge in [-0.3, -0.25) is 14.2 Å². The van der Waals surface area contributed by atoms with Crippen molar-refractivity contribution in [3.63, 3.8) is 0 Å². The first-order valence-electron chi connectivity index (χ1n) is 8.94. The lowest BCUT2D eigenvalue weighted by Gasteiger charge is -2.14. The molecule has 3 rings (SSSR count). The molecule has 30 heavy (non-hydrogen) atoms. The van der Waals surface area contributed by atoms with Crippen molar-refractivity contribution in [1.82, 2.24) is 9.78 Å². The summed E-state index contributed by atoms with van der Waals surface area (Å²) in [6, 6.07) is 10.8. The molecule has 0 saturated carbocycles. The van der Waals surface area contributed by atoms with Gasteiger partial charge in [-0.05, 0) is 55.0 Å². The van der Waals surface area contributed by atoms with Gasteiger partial charge < -0.3 is 14.8 Å². The Labute approximate surface area is 174 Å². The highest BCUT2D eigenvalue weighted by molar-refractivity contribution is 7.92. The molecule has 0 aliphatic carbocycles. The number of ether oxygens (including phenoxy) is 2. The summed E-state index contributed by atoms with van der Waals surface area (Å²) in [6.45, 7) is 1.88. The highest BCUT2D eigenvalue weighted by Crippen LogP contribution is 2.29. The Morgan fingerprint density at radius 2 is 1.77 bits per heavy atom. The first kappa shape index (κ1) is 21.2. The molecule has 0 unspecified atom stereocenters. The largest absolute Gasteiger partial charge is 0.497 e. The number of nitrogens with one attached hydrogen (secondary N) is 2. The number of anilines is 2. The zero-order chi connectivity index (χ0) is 21.7. The lowest BCUT2D eigenvalue weighted by Crippen LogP contribution is -2.20. The van der Waals surface area contributed by atoms with Gasteiger partial charge in [-0.15, -0.1) is 0 Å². The van der Waals surface area contributed by atoms with E-state index in [1.165, 1.54) is 31.0 Å². The summed E-state index contributed by atoms with van der Waals surface area (Å²) in [4.78, 5) is 12.2. The fourth-order valence-electron chi connectivity index (χ4n) is 2.73. The van der Waals surface area contributed by atoms with E-state index in [9.17, 15) is 13.2 Å². The Hall–Kier alpha value is -3.53. The summed E-state index contributed by atoms with van der Waals surface area (Å²) in [5.41, 5.74) is 1.62. The zero-order valence-electron chi connectivity index (χ0n) is 16.7. The summed E-state index contributed by atoms with van der Waals surface area (Å²) in [5, 5.41) is 6.74. The quantitative estimate of drug-likeness (QED) is 0.568. The van der Waals surface area contributed by atoms with Crippen molar-refractivity contribution in [2.75, 3.05) is 24.3 Å². The summed E-state index contributed by atoms with van der Waals surface area (Å²) in [5.74, 6) is 0.416. The molecule has 158 valence electrons. The summed E-state index contributed by atoms with van der Waals surface area (Å²) >= 11 is 0. The minimum absolute atomic E-state index is 0.00600.